The number of H-pyrrole nitrogens is 1. The van der Waals surface area contributed by atoms with Crippen molar-refractivity contribution >= 4 is 68.3 Å². The van der Waals surface area contributed by atoms with Crippen LogP contribution in [0.5, 0.6) is 5.75 Å². The SMILES string of the molecule is CC/N=C1/C=C2Oc3cc(NCC)c(C)cc3C(c3ccc(C(=O)NCC(C)(C)SSCOCC#Cc4cn([C@H]5CC(ON)[C@@H](COP(=O)(O)OP(=O)(O)OP(=O)(O)O)O5)c(=O)[nH]c4=O)cc3C(=O)O)C2C=C1C. The molecule has 1 fully saturated rings. The highest BCUT2D eigenvalue weighted by Crippen LogP contribution is 2.66. The minimum atomic E-state index is -5.79. The molecule has 0 spiro atoms. The van der Waals surface area contributed by atoms with Crippen molar-refractivity contribution in [3.63, 3.8) is 0 Å². The van der Waals surface area contributed by atoms with E-state index >= 15 is 0 Å². The predicted molar refractivity (Wildman–Crippen MR) is 273 cm³/mol. The fourth-order valence-electron chi connectivity index (χ4n) is 8.03. The number of nitrogens with zero attached hydrogens (tertiary/aromatic N) is 2. The molecule has 2 aromatic carbocycles. The van der Waals surface area contributed by atoms with E-state index in [2.05, 4.69) is 51.7 Å². The highest BCUT2D eigenvalue weighted by atomic mass is 33.1. The van der Waals surface area contributed by atoms with Crippen LogP contribution in [0.2, 0.25) is 0 Å². The van der Waals surface area contributed by atoms with Gasteiger partial charge in [0.05, 0.1) is 17.9 Å². The standard InChI is InChI=1S/C44H55N6O19P3S2/c1-7-46-32-17-34-30(14-24(32)3)39(31-15-25(4)33(47-8-2)18-35(31)65-34)28-12-11-26(16-29(28)42(53)54)40(51)48-22-44(5,6)74-73-23-63-13-9-10-27-20-50(43(55)49-41(27)52)38-19-36(67-45)37(66-38)21-64-71(59,60)69-72(61,62)68-70(56,57)58/h11-12,14-18,20,30,36-39,47H,7-8,13,19,21-23,45H2,1-6H3,(H,48,51)(H,53,54)(H,59,60)(H,61,62)(H,49,52,55)(H2,56,57,58)/b46-32-/t30?,36?,37-,38-,39?/m1/s1. The van der Waals surface area contributed by atoms with Crippen LogP contribution in [0.4, 0.5) is 5.69 Å². The van der Waals surface area contributed by atoms with Gasteiger partial charge in [0.1, 0.15) is 48.1 Å². The first-order valence-corrected chi connectivity index (χ1v) is 29.3. The number of benzene rings is 2. The number of allylic oxidation sites excluding steroid dienone is 3. The number of phosphoric ester groups is 1. The molecule has 74 heavy (non-hydrogen) atoms. The largest absolute Gasteiger partial charge is 0.490 e. The summed E-state index contributed by atoms with van der Waals surface area (Å²) < 4.78 is 64.9. The molecule has 30 heteroatoms. The second-order valence-electron chi connectivity index (χ2n) is 17.3. The van der Waals surface area contributed by atoms with Gasteiger partial charge in [-0.25, -0.2) is 29.2 Å². The summed E-state index contributed by atoms with van der Waals surface area (Å²) in [6.07, 6.45) is 1.21. The van der Waals surface area contributed by atoms with Gasteiger partial charge in [0.2, 0.25) is 0 Å². The number of ether oxygens (including phenoxy) is 3. The maximum absolute atomic E-state index is 13.6. The average molecular weight is 1130 g/mol. The Morgan fingerprint density at radius 1 is 1.05 bits per heavy atom. The van der Waals surface area contributed by atoms with Crippen molar-refractivity contribution in [3.8, 4) is 17.6 Å². The van der Waals surface area contributed by atoms with Crippen molar-refractivity contribution in [1.82, 2.24) is 14.9 Å². The van der Waals surface area contributed by atoms with Crippen molar-refractivity contribution in [2.24, 2.45) is 16.8 Å². The van der Waals surface area contributed by atoms with E-state index in [0.29, 0.717) is 30.2 Å². The molecule has 5 unspecified atom stereocenters. The van der Waals surface area contributed by atoms with Crippen molar-refractivity contribution in [2.75, 3.05) is 44.1 Å². The van der Waals surface area contributed by atoms with Crippen LogP contribution < -0.4 is 32.5 Å². The van der Waals surface area contributed by atoms with Crippen molar-refractivity contribution in [2.45, 2.75) is 77.1 Å². The van der Waals surface area contributed by atoms with Crippen LogP contribution in [0.15, 0.2) is 74.6 Å². The summed E-state index contributed by atoms with van der Waals surface area (Å²) in [7, 11) is -14.2. The number of phosphoric acid groups is 3. The van der Waals surface area contributed by atoms with Gasteiger partial charge >= 0.3 is 35.1 Å². The second kappa shape index (κ2) is 24.5. The van der Waals surface area contributed by atoms with Gasteiger partial charge in [0.25, 0.3) is 11.5 Å². The number of carbonyl (C=O) groups excluding carboxylic acids is 1. The second-order valence-corrected chi connectivity index (χ2v) is 24.6. The number of aromatic carboxylic acids is 1. The first-order valence-electron chi connectivity index (χ1n) is 22.4. The molecule has 3 heterocycles. The highest BCUT2D eigenvalue weighted by molar-refractivity contribution is 8.77. The first kappa shape index (κ1) is 58.6. The Balaban J connectivity index is 1.03. The quantitative estimate of drug-likeness (QED) is 0.0155. The van der Waals surface area contributed by atoms with Crippen LogP contribution >= 0.6 is 45.1 Å². The number of hydrogen-bond donors (Lipinski definition) is 9. The molecule has 2 aliphatic heterocycles. The lowest BCUT2D eigenvalue weighted by molar-refractivity contribution is -0.0618. The van der Waals surface area contributed by atoms with Gasteiger partial charge in [0.15, 0.2) is 0 Å². The Hall–Kier alpha value is -4.68. The van der Waals surface area contributed by atoms with Gasteiger partial charge in [0, 0.05) is 77.8 Å². The molecule has 1 saturated heterocycles. The number of hydrogen-bond acceptors (Lipinski definition) is 19. The van der Waals surface area contributed by atoms with Crippen LogP contribution in [0.3, 0.4) is 0 Å². The molecular weight excluding hydrogens is 1070 g/mol. The lowest BCUT2D eigenvalue weighted by atomic mass is 9.73. The Kier molecular flexibility index (Phi) is 19.4. The summed E-state index contributed by atoms with van der Waals surface area (Å²) in [5.74, 6) is 9.58. The number of nitrogens with two attached hydrogens (primary N) is 1. The minimum Gasteiger partial charge on any atom is -0.478 e. The Morgan fingerprint density at radius 3 is 2.47 bits per heavy atom. The Morgan fingerprint density at radius 2 is 1.80 bits per heavy atom. The minimum absolute atomic E-state index is 0.0105. The van der Waals surface area contributed by atoms with Gasteiger partial charge < -0.3 is 49.5 Å². The molecule has 0 radical (unpaired) electrons. The number of carboxylic acids is 1. The molecule has 402 valence electrons. The van der Waals surface area contributed by atoms with E-state index < -0.39 is 82.3 Å². The van der Waals surface area contributed by atoms with Crippen LogP contribution in [0.1, 0.15) is 96.2 Å². The van der Waals surface area contributed by atoms with Crippen LogP contribution in [0, 0.1) is 24.7 Å². The molecule has 10 N–H and O–H groups in total. The van der Waals surface area contributed by atoms with Crippen LogP contribution in [0.25, 0.3) is 0 Å². The predicted octanol–water partition coefficient (Wildman–Crippen LogP) is 5.23. The first-order chi connectivity index (χ1) is 34.7. The van der Waals surface area contributed by atoms with E-state index in [9.17, 15) is 47.8 Å². The number of aromatic amines is 1. The number of anilines is 1. The number of carbonyl (C=O) groups is 2. The molecule has 3 aliphatic rings. The van der Waals surface area contributed by atoms with Crippen LogP contribution in [-0.2, 0) is 41.2 Å². The van der Waals surface area contributed by atoms with Crippen molar-refractivity contribution in [1.29, 1.82) is 0 Å². The number of aliphatic imine (C=N–C) groups is 1. The summed E-state index contributed by atoms with van der Waals surface area (Å²) in [5, 5.41) is 16.9. The number of rotatable bonds is 22. The number of aryl methyl sites for hydroxylation is 1. The molecule has 0 bridgehead atoms. The molecule has 1 aliphatic carbocycles. The zero-order valence-corrected chi connectivity index (χ0v) is 44.9. The van der Waals surface area contributed by atoms with E-state index in [1.807, 2.05) is 59.8 Å². The van der Waals surface area contributed by atoms with Gasteiger partial charge in [-0.2, -0.15) is 8.62 Å². The topological polar surface area (TPSA) is 368 Å². The van der Waals surface area contributed by atoms with Gasteiger partial charge in [-0.3, -0.25) is 33.5 Å². The summed E-state index contributed by atoms with van der Waals surface area (Å²) in [6.45, 7) is 12.1. The van der Waals surface area contributed by atoms with Crippen LogP contribution in [-0.4, -0.2) is 108 Å². The van der Waals surface area contributed by atoms with Gasteiger partial charge in [-0.15, -0.1) is 0 Å². The summed E-state index contributed by atoms with van der Waals surface area (Å²) in [4.78, 5) is 100. The molecule has 0 saturated carbocycles. The maximum atomic E-state index is 13.6. The average Bonchev–Trinajstić information content (AvgIpc) is 3.72. The molecule has 6 rings (SSSR count). The van der Waals surface area contributed by atoms with E-state index in [1.54, 1.807) is 12.1 Å². The number of nitrogens with one attached hydrogen (secondary N) is 3. The monoisotopic (exact) mass is 1130 g/mol. The van der Waals surface area contributed by atoms with Crippen molar-refractivity contribution in [3.05, 3.63) is 114 Å². The molecule has 25 nitrogen and oxygen atoms in total. The Bertz CT molecular complexity index is 3070. The fraction of sp³-hybridized carbons (Fsp3) is 0.432. The van der Waals surface area contributed by atoms with E-state index in [1.165, 1.54) is 27.7 Å². The summed E-state index contributed by atoms with van der Waals surface area (Å²) >= 11 is 0. The van der Waals surface area contributed by atoms with E-state index in [-0.39, 0.29) is 48.1 Å². The van der Waals surface area contributed by atoms with E-state index in [0.717, 1.165) is 38.9 Å². The normalized spacial score (nSPS) is 21.7. The van der Waals surface area contributed by atoms with E-state index in [4.69, 9.17) is 34.7 Å². The number of fused-ring (bicyclic) bond motifs is 2. The number of amides is 1. The molecule has 1 aromatic heterocycles. The van der Waals surface area contributed by atoms with Gasteiger partial charge in [-0.1, -0.05) is 45.6 Å². The Labute approximate surface area is 431 Å². The maximum Gasteiger partial charge on any atom is 0.490 e. The fourth-order valence-corrected chi connectivity index (χ4v) is 13.2. The molecule has 1 amide bonds. The van der Waals surface area contributed by atoms with Gasteiger partial charge in [-0.05, 0) is 76.4 Å². The smallest absolute Gasteiger partial charge is 0.478 e. The lowest BCUT2D eigenvalue weighted by Gasteiger charge is -2.37. The number of carboxylic acid groups (broad SMARTS) is 1. The summed E-state index contributed by atoms with van der Waals surface area (Å²) in [5.41, 5.74) is 3.19. The third-order valence-corrected chi connectivity index (χ3v) is 18.0. The third-order valence-electron chi connectivity index (χ3n) is 11.2. The molecule has 3 aromatic rings. The van der Waals surface area contributed by atoms with Crippen molar-refractivity contribution < 1.29 is 80.2 Å². The lowest BCUT2D eigenvalue weighted by Crippen LogP contribution is -2.36. The molecule has 7 atom stereocenters. The zero-order chi connectivity index (χ0) is 54.3. The third kappa shape index (κ3) is 15.3. The highest BCUT2D eigenvalue weighted by Gasteiger charge is 2.44. The number of aromatic nitrogens is 2. The molecular formula is C44H55N6O19P3S2. The zero-order valence-electron chi connectivity index (χ0n) is 40.5. The summed E-state index contributed by atoms with van der Waals surface area (Å²) in [6, 6.07) is 8.70.